The van der Waals surface area contributed by atoms with Gasteiger partial charge in [0.2, 0.25) is 5.89 Å². The van der Waals surface area contributed by atoms with Crippen LogP contribution in [0.3, 0.4) is 0 Å². The number of aryl methyl sites for hydroxylation is 2. The summed E-state index contributed by atoms with van der Waals surface area (Å²) in [4.78, 5) is 0. The minimum absolute atomic E-state index is 0.517. The van der Waals surface area contributed by atoms with Gasteiger partial charge in [0, 0.05) is 21.4 Å². The minimum atomic E-state index is 0.517. The summed E-state index contributed by atoms with van der Waals surface area (Å²) in [5.41, 5.74) is 2.87. The van der Waals surface area contributed by atoms with Crippen LogP contribution in [0, 0.1) is 13.8 Å². The molecule has 1 aromatic carbocycles. The van der Waals surface area contributed by atoms with E-state index in [1.54, 1.807) is 0 Å². The molecule has 0 unspecified atom stereocenters. The van der Waals surface area contributed by atoms with Crippen LogP contribution in [0.25, 0.3) is 11.5 Å². The lowest BCUT2D eigenvalue weighted by atomic mass is 10.2. The Kier molecular flexibility index (Phi) is 4.12. The third-order valence-electron chi connectivity index (χ3n) is 3.02. The number of halogens is 1. The fourth-order valence-electron chi connectivity index (χ4n) is 1.82. The van der Waals surface area contributed by atoms with Crippen LogP contribution in [0.5, 0.6) is 0 Å². The maximum Gasteiger partial charge on any atom is 0.277 e. The first-order valence-corrected chi connectivity index (χ1v) is 8.05. The molecule has 0 amide bonds. The van der Waals surface area contributed by atoms with Gasteiger partial charge >= 0.3 is 0 Å². The van der Waals surface area contributed by atoms with Crippen molar-refractivity contribution in [1.29, 1.82) is 0 Å². The van der Waals surface area contributed by atoms with E-state index in [1.165, 1.54) is 11.8 Å². The first-order valence-electron chi connectivity index (χ1n) is 6.27. The Labute approximate surface area is 134 Å². The van der Waals surface area contributed by atoms with Gasteiger partial charge in [0.25, 0.3) is 5.22 Å². The molecule has 0 N–H and O–H groups in total. The number of thioether (sulfide) groups is 1. The topological polar surface area (TPSA) is 65.0 Å². The zero-order valence-corrected chi connectivity index (χ0v) is 13.9. The fourth-order valence-corrected chi connectivity index (χ4v) is 3.00. The predicted octanol–water partition coefficient (Wildman–Crippen LogP) is 4.40. The maximum atomic E-state index is 5.66. The van der Waals surface area contributed by atoms with Crippen molar-refractivity contribution in [3.05, 3.63) is 45.8 Å². The van der Waals surface area contributed by atoms with E-state index in [0.29, 0.717) is 16.9 Å². The van der Waals surface area contributed by atoms with E-state index in [9.17, 15) is 0 Å². The van der Waals surface area contributed by atoms with Crippen LogP contribution in [0.15, 0.2) is 42.9 Å². The molecule has 0 aliphatic carbocycles. The molecule has 108 valence electrons. The molecule has 2 aromatic heterocycles. The Bertz CT molecular complexity index is 732. The molecule has 7 heteroatoms. The van der Waals surface area contributed by atoms with Gasteiger partial charge in [-0.25, -0.2) is 0 Å². The smallest absolute Gasteiger partial charge is 0.277 e. The molecule has 0 spiro atoms. The van der Waals surface area contributed by atoms with Gasteiger partial charge in [-0.15, -0.1) is 10.2 Å². The molecule has 3 rings (SSSR count). The molecule has 0 saturated heterocycles. The number of hydrogen-bond donors (Lipinski definition) is 0. The Hall–Kier alpha value is -1.60. The lowest BCUT2D eigenvalue weighted by molar-refractivity contribution is 0.392. The van der Waals surface area contributed by atoms with Gasteiger partial charge < -0.3 is 8.94 Å². The third kappa shape index (κ3) is 3.19. The van der Waals surface area contributed by atoms with Crippen molar-refractivity contribution >= 4 is 27.7 Å². The molecule has 2 heterocycles. The highest BCUT2D eigenvalue weighted by Crippen LogP contribution is 2.28. The van der Waals surface area contributed by atoms with E-state index in [2.05, 4.69) is 31.3 Å². The Balaban J connectivity index is 1.72. The standard InChI is InChI=1S/C14H12BrN3O2S/c1-8-12(9(2)20-18-8)7-21-14-17-16-13(19-14)10-3-5-11(15)6-4-10/h3-6H,7H2,1-2H3. The van der Waals surface area contributed by atoms with Crippen LogP contribution in [0.2, 0.25) is 0 Å². The summed E-state index contributed by atoms with van der Waals surface area (Å²) in [7, 11) is 0. The highest BCUT2D eigenvalue weighted by atomic mass is 79.9. The zero-order valence-electron chi connectivity index (χ0n) is 11.5. The lowest BCUT2D eigenvalue weighted by Crippen LogP contribution is -1.84. The Morgan fingerprint density at radius 3 is 2.57 bits per heavy atom. The molecule has 0 atom stereocenters. The van der Waals surface area contributed by atoms with Crippen molar-refractivity contribution in [2.75, 3.05) is 0 Å². The van der Waals surface area contributed by atoms with E-state index in [1.807, 2.05) is 38.1 Å². The van der Waals surface area contributed by atoms with Crippen molar-refractivity contribution in [3.63, 3.8) is 0 Å². The largest absolute Gasteiger partial charge is 0.411 e. The van der Waals surface area contributed by atoms with E-state index >= 15 is 0 Å². The molecule has 0 aliphatic rings. The molecule has 0 bridgehead atoms. The molecule has 3 aromatic rings. The van der Waals surface area contributed by atoms with Crippen molar-refractivity contribution in [2.24, 2.45) is 0 Å². The third-order valence-corrected chi connectivity index (χ3v) is 4.39. The SMILES string of the molecule is Cc1noc(C)c1CSc1nnc(-c2ccc(Br)cc2)o1. The van der Waals surface area contributed by atoms with Crippen molar-refractivity contribution in [2.45, 2.75) is 24.8 Å². The number of rotatable bonds is 4. The highest BCUT2D eigenvalue weighted by molar-refractivity contribution is 9.10. The summed E-state index contributed by atoms with van der Waals surface area (Å²) in [6.45, 7) is 3.82. The van der Waals surface area contributed by atoms with E-state index in [-0.39, 0.29) is 0 Å². The molecular weight excluding hydrogens is 354 g/mol. The van der Waals surface area contributed by atoms with Crippen LogP contribution in [0.4, 0.5) is 0 Å². The van der Waals surface area contributed by atoms with Crippen LogP contribution in [-0.4, -0.2) is 15.4 Å². The van der Waals surface area contributed by atoms with Gasteiger partial charge in [0.1, 0.15) is 5.76 Å². The first kappa shape index (κ1) is 14.3. The number of benzene rings is 1. The maximum absolute atomic E-state index is 5.66. The van der Waals surface area contributed by atoms with Gasteiger partial charge in [0.15, 0.2) is 0 Å². The summed E-state index contributed by atoms with van der Waals surface area (Å²) in [5.74, 6) is 2.04. The normalized spacial score (nSPS) is 11.0. The van der Waals surface area contributed by atoms with Crippen LogP contribution >= 0.6 is 27.7 Å². The average molecular weight is 366 g/mol. The molecule has 0 aliphatic heterocycles. The monoisotopic (exact) mass is 365 g/mol. The number of aromatic nitrogens is 3. The number of hydrogen-bond acceptors (Lipinski definition) is 6. The van der Waals surface area contributed by atoms with Gasteiger partial charge in [-0.2, -0.15) is 0 Å². The summed E-state index contributed by atoms with van der Waals surface area (Å²) >= 11 is 4.87. The molecule has 0 fully saturated rings. The molecule has 21 heavy (non-hydrogen) atoms. The predicted molar refractivity (Wildman–Crippen MR) is 83.0 cm³/mol. The van der Waals surface area contributed by atoms with Gasteiger partial charge in [-0.1, -0.05) is 32.8 Å². The Morgan fingerprint density at radius 2 is 1.90 bits per heavy atom. The number of nitrogens with zero attached hydrogens (tertiary/aromatic N) is 3. The van der Waals surface area contributed by atoms with E-state index in [4.69, 9.17) is 8.94 Å². The molecule has 0 saturated carbocycles. The zero-order chi connectivity index (χ0) is 14.8. The summed E-state index contributed by atoms with van der Waals surface area (Å²) in [5, 5.41) is 12.6. The Morgan fingerprint density at radius 1 is 1.14 bits per heavy atom. The second kappa shape index (κ2) is 6.03. The van der Waals surface area contributed by atoms with Crippen LogP contribution in [0.1, 0.15) is 17.0 Å². The minimum Gasteiger partial charge on any atom is -0.411 e. The van der Waals surface area contributed by atoms with Crippen molar-refractivity contribution in [3.8, 4) is 11.5 Å². The molecule has 0 radical (unpaired) electrons. The van der Waals surface area contributed by atoms with Crippen molar-refractivity contribution < 1.29 is 8.94 Å². The average Bonchev–Trinajstić information content (AvgIpc) is 3.06. The lowest BCUT2D eigenvalue weighted by Gasteiger charge is -1.96. The van der Waals surface area contributed by atoms with Crippen LogP contribution < -0.4 is 0 Å². The molecular formula is C14H12BrN3O2S. The highest BCUT2D eigenvalue weighted by Gasteiger charge is 2.13. The second-order valence-electron chi connectivity index (χ2n) is 4.47. The van der Waals surface area contributed by atoms with E-state index in [0.717, 1.165) is 27.1 Å². The second-order valence-corrected chi connectivity index (χ2v) is 6.31. The molecule has 5 nitrogen and oxygen atoms in total. The van der Waals surface area contributed by atoms with Gasteiger partial charge in [-0.05, 0) is 38.1 Å². The van der Waals surface area contributed by atoms with Gasteiger partial charge in [0.05, 0.1) is 5.69 Å². The van der Waals surface area contributed by atoms with Crippen molar-refractivity contribution in [1.82, 2.24) is 15.4 Å². The van der Waals surface area contributed by atoms with Crippen LogP contribution in [-0.2, 0) is 5.75 Å². The summed E-state index contributed by atoms with van der Waals surface area (Å²) < 4.78 is 11.8. The summed E-state index contributed by atoms with van der Waals surface area (Å²) in [6, 6.07) is 7.74. The van der Waals surface area contributed by atoms with Gasteiger partial charge in [-0.3, -0.25) is 0 Å². The quantitative estimate of drug-likeness (QED) is 0.638. The fraction of sp³-hybridized carbons (Fsp3) is 0.214. The first-order chi connectivity index (χ1) is 10.1. The summed E-state index contributed by atoms with van der Waals surface area (Å²) in [6.07, 6.45) is 0. The van der Waals surface area contributed by atoms with E-state index < -0.39 is 0 Å².